The van der Waals surface area contributed by atoms with Crippen LogP contribution < -0.4 is 10.1 Å². The Balaban J connectivity index is 1.73. The molecule has 0 aliphatic carbocycles. The Hall–Kier alpha value is -3.67. The molecule has 1 N–H and O–H groups in total. The van der Waals surface area contributed by atoms with Crippen molar-refractivity contribution in [2.45, 2.75) is 32.9 Å². The second kappa shape index (κ2) is 7.87. The molecule has 0 aromatic heterocycles. The van der Waals surface area contributed by atoms with Gasteiger partial charge in [-0.15, -0.1) is 0 Å². The van der Waals surface area contributed by atoms with Crippen LogP contribution in [0.3, 0.4) is 0 Å². The van der Waals surface area contributed by atoms with E-state index in [1.807, 2.05) is 49.4 Å². The van der Waals surface area contributed by atoms with E-state index < -0.39 is 11.6 Å². The summed E-state index contributed by atoms with van der Waals surface area (Å²) in [6.07, 6.45) is 0. The van der Waals surface area contributed by atoms with E-state index in [2.05, 4.69) is 5.32 Å². The first kappa shape index (κ1) is 20.6. The molecular weight excluding hydrogens is 392 g/mol. The summed E-state index contributed by atoms with van der Waals surface area (Å²) >= 11 is 0. The molecule has 1 aliphatic heterocycles. The van der Waals surface area contributed by atoms with Crippen molar-refractivity contribution in [3.05, 3.63) is 77.4 Å². The number of ketones is 1. The summed E-state index contributed by atoms with van der Waals surface area (Å²) in [6.45, 7) is 5.50. The lowest BCUT2D eigenvalue weighted by molar-refractivity contribution is -0.131. The molecule has 1 saturated heterocycles. The minimum Gasteiger partial charge on any atom is -0.494 e. The third-order valence-electron chi connectivity index (χ3n) is 5.70. The first-order chi connectivity index (χ1) is 14.8. The molecule has 3 aromatic rings. The Morgan fingerprint density at radius 2 is 1.81 bits per heavy atom. The van der Waals surface area contributed by atoms with Crippen LogP contribution in [0.15, 0.2) is 60.7 Å². The zero-order chi connectivity index (χ0) is 22.2. The highest BCUT2D eigenvalue weighted by Crippen LogP contribution is 2.35. The number of hydrogen-bond donors (Lipinski definition) is 1. The van der Waals surface area contributed by atoms with Gasteiger partial charge in [0.1, 0.15) is 11.3 Å². The number of imide groups is 1. The molecule has 3 amide bonds. The number of amides is 3. The average molecular weight is 416 g/mol. The normalized spacial score (nSPS) is 18.4. The van der Waals surface area contributed by atoms with E-state index in [9.17, 15) is 14.4 Å². The van der Waals surface area contributed by atoms with Gasteiger partial charge in [-0.2, -0.15) is 0 Å². The molecule has 6 nitrogen and oxygen atoms in total. The zero-order valence-electron chi connectivity index (χ0n) is 17.8. The summed E-state index contributed by atoms with van der Waals surface area (Å²) in [6, 6.07) is 18.1. The van der Waals surface area contributed by atoms with E-state index in [1.165, 1.54) is 11.8 Å². The minimum atomic E-state index is -1.19. The number of carbonyl (C=O) groups excluding carboxylic acids is 3. The Labute approximate surface area is 180 Å². The second-order valence-corrected chi connectivity index (χ2v) is 7.78. The standard InChI is InChI=1S/C25H24N2O4/c1-4-31-22-13-12-18(16(2)28)14-19(22)15-27-23(29)25(3,26-24(27)30)21-11-7-9-17-8-5-6-10-20(17)21/h5-14H,4,15H2,1-3H3,(H,26,30). The molecule has 1 aliphatic rings. The average Bonchev–Trinajstić information content (AvgIpc) is 2.98. The van der Waals surface area contributed by atoms with Crippen LogP contribution in [0.25, 0.3) is 10.8 Å². The van der Waals surface area contributed by atoms with Gasteiger partial charge in [-0.25, -0.2) is 4.79 Å². The number of rotatable bonds is 6. The lowest BCUT2D eigenvalue weighted by atomic mass is 9.87. The molecule has 6 heteroatoms. The topological polar surface area (TPSA) is 75.7 Å². The zero-order valence-corrected chi connectivity index (χ0v) is 17.8. The number of urea groups is 1. The highest BCUT2D eigenvalue weighted by molar-refractivity contribution is 6.09. The third-order valence-corrected chi connectivity index (χ3v) is 5.70. The number of ether oxygens (including phenoxy) is 1. The van der Waals surface area contributed by atoms with Gasteiger partial charge in [0.2, 0.25) is 0 Å². The van der Waals surface area contributed by atoms with Gasteiger partial charge >= 0.3 is 6.03 Å². The van der Waals surface area contributed by atoms with Crippen molar-refractivity contribution in [3.63, 3.8) is 0 Å². The van der Waals surface area contributed by atoms with Crippen LogP contribution in [0, 0.1) is 0 Å². The molecule has 4 rings (SSSR count). The van der Waals surface area contributed by atoms with Crippen molar-refractivity contribution in [3.8, 4) is 5.75 Å². The fourth-order valence-electron chi connectivity index (χ4n) is 4.07. The Kier molecular flexibility index (Phi) is 5.23. The number of carbonyl (C=O) groups is 3. The molecule has 0 radical (unpaired) electrons. The van der Waals surface area contributed by atoms with Gasteiger partial charge in [0.25, 0.3) is 5.91 Å². The van der Waals surface area contributed by atoms with E-state index >= 15 is 0 Å². The number of Topliss-reactive ketones (excluding diaryl/α,β-unsaturated/α-hetero) is 1. The molecule has 3 aromatic carbocycles. The van der Waals surface area contributed by atoms with Crippen molar-refractivity contribution in [1.29, 1.82) is 0 Å². The largest absolute Gasteiger partial charge is 0.494 e. The maximum Gasteiger partial charge on any atom is 0.325 e. The number of hydrogen-bond acceptors (Lipinski definition) is 4. The molecule has 1 fully saturated rings. The lowest BCUT2D eigenvalue weighted by Crippen LogP contribution is -2.41. The quantitative estimate of drug-likeness (QED) is 0.477. The van der Waals surface area contributed by atoms with Gasteiger partial charge in [0, 0.05) is 11.1 Å². The second-order valence-electron chi connectivity index (χ2n) is 7.78. The van der Waals surface area contributed by atoms with Gasteiger partial charge in [-0.05, 0) is 55.3 Å². The number of nitrogens with zero attached hydrogens (tertiary/aromatic N) is 1. The lowest BCUT2D eigenvalue weighted by Gasteiger charge is -2.24. The van der Waals surface area contributed by atoms with Crippen LogP contribution in [0.5, 0.6) is 5.75 Å². The Morgan fingerprint density at radius 3 is 2.55 bits per heavy atom. The maximum absolute atomic E-state index is 13.5. The van der Waals surface area contributed by atoms with Crippen LogP contribution in [0.1, 0.15) is 42.3 Å². The predicted molar refractivity (Wildman–Crippen MR) is 118 cm³/mol. The molecule has 158 valence electrons. The molecule has 1 heterocycles. The van der Waals surface area contributed by atoms with Crippen molar-refractivity contribution < 1.29 is 19.1 Å². The summed E-state index contributed by atoms with van der Waals surface area (Å²) < 4.78 is 5.67. The Bertz CT molecular complexity index is 1200. The smallest absolute Gasteiger partial charge is 0.325 e. The first-order valence-corrected chi connectivity index (χ1v) is 10.2. The van der Waals surface area contributed by atoms with Crippen LogP contribution >= 0.6 is 0 Å². The highest BCUT2D eigenvalue weighted by atomic mass is 16.5. The fraction of sp³-hybridized carbons (Fsp3) is 0.240. The van der Waals surface area contributed by atoms with Crippen molar-refractivity contribution in [2.24, 2.45) is 0 Å². The van der Waals surface area contributed by atoms with Gasteiger partial charge < -0.3 is 10.1 Å². The monoisotopic (exact) mass is 416 g/mol. The number of fused-ring (bicyclic) bond motifs is 1. The van der Waals surface area contributed by atoms with E-state index in [4.69, 9.17) is 4.74 Å². The first-order valence-electron chi connectivity index (χ1n) is 10.2. The predicted octanol–water partition coefficient (Wildman–Crippen LogP) is 4.41. The summed E-state index contributed by atoms with van der Waals surface area (Å²) in [5, 5.41) is 4.79. The summed E-state index contributed by atoms with van der Waals surface area (Å²) in [7, 11) is 0. The molecule has 31 heavy (non-hydrogen) atoms. The number of nitrogens with one attached hydrogen (secondary N) is 1. The van der Waals surface area contributed by atoms with Gasteiger partial charge in [0.15, 0.2) is 5.78 Å². The summed E-state index contributed by atoms with van der Waals surface area (Å²) in [5.41, 5.74) is 0.665. The van der Waals surface area contributed by atoms with Crippen LogP contribution in [0.4, 0.5) is 4.79 Å². The highest BCUT2D eigenvalue weighted by Gasteiger charge is 2.49. The van der Waals surface area contributed by atoms with E-state index in [0.717, 1.165) is 16.3 Å². The molecule has 1 atom stereocenters. The Morgan fingerprint density at radius 1 is 1.06 bits per heavy atom. The van der Waals surface area contributed by atoms with E-state index in [-0.39, 0.29) is 18.2 Å². The third kappa shape index (κ3) is 3.54. The van der Waals surface area contributed by atoms with Crippen LogP contribution in [-0.4, -0.2) is 29.2 Å². The minimum absolute atomic E-state index is 0.0154. The van der Waals surface area contributed by atoms with Crippen molar-refractivity contribution in [2.75, 3.05) is 6.61 Å². The van der Waals surface area contributed by atoms with E-state index in [1.54, 1.807) is 25.1 Å². The summed E-state index contributed by atoms with van der Waals surface area (Å²) in [5.74, 6) is 0.110. The van der Waals surface area contributed by atoms with Crippen molar-refractivity contribution in [1.82, 2.24) is 10.2 Å². The van der Waals surface area contributed by atoms with E-state index in [0.29, 0.717) is 23.5 Å². The fourth-order valence-corrected chi connectivity index (χ4v) is 4.07. The van der Waals surface area contributed by atoms with Crippen LogP contribution in [0.2, 0.25) is 0 Å². The van der Waals surface area contributed by atoms with Crippen LogP contribution in [-0.2, 0) is 16.9 Å². The SMILES string of the molecule is CCOc1ccc(C(C)=O)cc1CN1C(=O)NC(C)(c2cccc3ccccc23)C1=O. The van der Waals surface area contributed by atoms with Gasteiger partial charge in [-0.3, -0.25) is 14.5 Å². The molecular formula is C25H24N2O4. The van der Waals surface area contributed by atoms with Gasteiger partial charge in [-0.1, -0.05) is 42.5 Å². The number of benzene rings is 3. The summed E-state index contributed by atoms with van der Waals surface area (Å²) in [4.78, 5) is 39.4. The van der Waals surface area contributed by atoms with Crippen molar-refractivity contribution >= 4 is 28.5 Å². The molecule has 1 unspecified atom stereocenters. The molecule has 0 saturated carbocycles. The maximum atomic E-state index is 13.5. The van der Waals surface area contributed by atoms with Gasteiger partial charge in [0.05, 0.1) is 13.2 Å². The molecule has 0 bridgehead atoms. The molecule has 0 spiro atoms.